The largest absolute Gasteiger partial charge is 0.497 e. The van der Waals surface area contributed by atoms with Crippen LogP contribution in [0.3, 0.4) is 0 Å². The highest BCUT2D eigenvalue weighted by Crippen LogP contribution is 2.28. The third-order valence-corrected chi connectivity index (χ3v) is 4.35. The smallest absolute Gasteiger partial charge is 0.216 e. The van der Waals surface area contributed by atoms with E-state index in [1.165, 1.54) is 18.4 Å². The number of piperidine rings is 1. The van der Waals surface area contributed by atoms with E-state index in [1.54, 1.807) is 26.5 Å². The summed E-state index contributed by atoms with van der Waals surface area (Å²) >= 11 is 0. The minimum Gasteiger partial charge on any atom is -0.497 e. The average molecular weight is 343 g/mol. The van der Waals surface area contributed by atoms with Crippen molar-refractivity contribution in [2.45, 2.75) is 39.2 Å². The van der Waals surface area contributed by atoms with E-state index in [0.717, 1.165) is 31.2 Å². The highest BCUT2D eigenvalue weighted by molar-refractivity contribution is 5.29. The van der Waals surface area contributed by atoms with Crippen molar-refractivity contribution in [3.63, 3.8) is 0 Å². The fourth-order valence-corrected chi connectivity index (χ4v) is 3.12. The molecule has 0 saturated carbocycles. The number of hydrogen-bond acceptors (Lipinski definition) is 5. The summed E-state index contributed by atoms with van der Waals surface area (Å²) in [7, 11) is 3.33. The lowest BCUT2D eigenvalue weighted by molar-refractivity contribution is 0.195. The van der Waals surface area contributed by atoms with E-state index in [2.05, 4.69) is 27.0 Å². The Labute approximate surface area is 151 Å². The first kappa shape index (κ1) is 19.2. The topological polar surface area (TPSA) is 47.5 Å². The Kier molecular flexibility index (Phi) is 7.67. The Bertz CT molecular complexity index is 631. The fraction of sp³-hybridized carbons (Fsp3) is 0.500. The fourth-order valence-electron chi connectivity index (χ4n) is 3.12. The molecule has 1 aliphatic rings. The Balaban J connectivity index is 0.00000109. The van der Waals surface area contributed by atoms with Crippen LogP contribution < -0.4 is 9.47 Å². The summed E-state index contributed by atoms with van der Waals surface area (Å²) in [6, 6.07) is 10.2. The van der Waals surface area contributed by atoms with Crippen molar-refractivity contribution in [2.24, 2.45) is 0 Å². The summed E-state index contributed by atoms with van der Waals surface area (Å²) in [6.07, 6.45) is 4.18. The number of rotatable bonds is 5. The summed E-state index contributed by atoms with van der Waals surface area (Å²) in [4.78, 5) is 11.2. The number of nitrogens with zero attached hydrogens (tertiary/aromatic N) is 3. The summed E-state index contributed by atoms with van der Waals surface area (Å²) < 4.78 is 10.4. The van der Waals surface area contributed by atoms with E-state index in [0.29, 0.717) is 11.8 Å². The Morgan fingerprint density at radius 2 is 1.84 bits per heavy atom. The first-order valence-electron chi connectivity index (χ1n) is 9.00. The molecule has 5 heteroatoms. The second-order valence-corrected chi connectivity index (χ2v) is 5.86. The van der Waals surface area contributed by atoms with Crippen LogP contribution in [0.5, 0.6) is 11.6 Å². The molecule has 0 amide bonds. The number of hydrogen-bond donors (Lipinski definition) is 0. The molecule has 2 aromatic rings. The minimum absolute atomic E-state index is 0.556. The van der Waals surface area contributed by atoms with E-state index in [-0.39, 0.29) is 0 Å². The molecule has 1 atom stereocenters. The van der Waals surface area contributed by atoms with Gasteiger partial charge < -0.3 is 9.47 Å². The zero-order valence-electron chi connectivity index (χ0n) is 15.7. The molecule has 0 radical (unpaired) electrons. The highest BCUT2D eigenvalue weighted by Gasteiger charge is 2.22. The molecule has 1 unspecified atom stereocenters. The van der Waals surface area contributed by atoms with Gasteiger partial charge in [-0.3, -0.25) is 4.90 Å². The lowest BCUT2D eigenvalue weighted by Gasteiger charge is -2.32. The molecule has 0 N–H and O–H groups in total. The maximum atomic E-state index is 5.24. The SMILES string of the molecule is CC.COc1ccc(C2CCCN(Cc3nccc(OC)n3)C2)cc1. The van der Waals surface area contributed by atoms with Gasteiger partial charge in [0.25, 0.3) is 0 Å². The van der Waals surface area contributed by atoms with Gasteiger partial charge in [-0.15, -0.1) is 0 Å². The molecule has 25 heavy (non-hydrogen) atoms. The van der Waals surface area contributed by atoms with Crippen molar-refractivity contribution in [3.05, 3.63) is 47.9 Å². The van der Waals surface area contributed by atoms with Gasteiger partial charge in [0.2, 0.25) is 5.88 Å². The van der Waals surface area contributed by atoms with Gasteiger partial charge in [-0.1, -0.05) is 26.0 Å². The maximum Gasteiger partial charge on any atom is 0.216 e. The van der Waals surface area contributed by atoms with Gasteiger partial charge in [0.15, 0.2) is 0 Å². The van der Waals surface area contributed by atoms with Crippen LogP contribution in [0, 0.1) is 0 Å². The molecule has 1 aromatic heterocycles. The maximum absolute atomic E-state index is 5.24. The summed E-state index contributed by atoms with van der Waals surface area (Å²) in [5.74, 6) is 2.91. The quantitative estimate of drug-likeness (QED) is 0.824. The van der Waals surface area contributed by atoms with Crippen molar-refractivity contribution in [1.82, 2.24) is 14.9 Å². The summed E-state index contributed by atoms with van der Waals surface area (Å²) in [5, 5.41) is 0. The van der Waals surface area contributed by atoms with Crippen LogP contribution in [0.4, 0.5) is 0 Å². The molecule has 1 fully saturated rings. The van der Waals surface area contributed by atoms with Gasteiger partial charge in [-0.05, 0) is 43.0 Å². The molecular formula is C20H29N3O2. The van der Waals surface area contributed by atoms with Crippen molar-refractivity contribution in [3.8, 4) is 11.6 Å². The van der Waals surface area contributed by atoms with Crippen LogP contribution in [0.15, 0.2) is 36.5 Å². The van der Waals surface area contributed by atoms with Crippen LogP contribution in [-0.2, 0) is 6.54 Å². The van der Waals surface area contributed by atoms with E-state index >= 15 is 0 Å². The molecule has 5 nitrogen and oxygen atoms in total. The van der Waals surface area contributed by atoms with Crippen LogP contribution in [0.1, 0.15) is 44.0 Å². The van der Waals surface area contributed by atoms with Gasteiger partial charge in [-0.2, -0.15) is 4.98 Å². The second kappa shape index (κ2) is 9.99. The van der Waals surface area contributed by atoms with E-state index in [4.69, 9.17) is 9.47 Å². The van der Waals surface area contributed by atoms with E-state index in [1.807, 2.05) is 26.0 Å². The van der Waals surface area contributed by atoms with Crippen molar-refractivity contribution >= 4 is 0 Å². The van der Waals surface area contributed by atoms with Gasteiger partial charge in [0.05, 0.1) is 20.8 Å². The number of methoxy groups -OCH3 is 2. The van der Waals surface area contributed by atoms with Crippen LogP contribution in [0.2, 0.25) is 0 Å². The Hall–Kier alpha value is -2.14. The zero-order chi connectivity index (χ0) is 18.1. The van der Waals surface area contributed by atoms with Crippen LogP contribution in [-0.4, -0.2) is 42.2 Å². The standard InChI is InChI=1S/C18H23N3O2.C2H6/c1-22-16-7-5-14(6-8-16)15-4-3-11-21(12-15)13-17-19-10-9-18(20-17)23-2;1-2/h5-10,15H,3-4,11-13H2,1-2H3;1-2H3. The van der Waals surface area contributed by atoms with Gasteiger partial charge >= 0.3 is 0 Å². The molecule has 1 saturated heterocycles. The summed E-state index contributed by atoms with van der Waals surface area (Å²) in [5.41, 5.74) is 1.38. The predicted octanol–water partition coefficient (Wildman–Crippen LogP) is 3.90. The van der Waals surface area contributed by atoms with Crippen LogP contribution >= 0.6 is 0 Å². The molecule has 0 spiro atoms. The molecular weight excluding hydrogens is 314 g/mol. The Morgan fingerprint density at radius 1 is 1.08 bits per heavy atom. The highest BCUT2D eigenvalue weighted by atomic mass is 16.5. The number of benzene rings is 1. The van der Waals surface area contributed by atoms with Crippen molar-refractivity contribution < 1.29 is 9.47 Å². The number of ether oxygens (including phenoxy) is 2. The predicted molar refractivity (Wildman–Crippen MR) is 100 cm³/mol. The molecule has 3 rings (SSSR count). The van der Waals surface area contributed by atoms with Gasteiger partial charge in [-0.25, -0.2) is 4.98 Å². The average Bonchev–Trinajstić information content (AvgIpc) is 2.70. The zero-order valence-corrected chi connectivity index (χ0v) is 15.7. The first-order chi connectivity index (χ1) is 12.3. The van der Waals surface area contributed by atoms with Crippen molar-refractivity contribution in [1.29, 1.82) is 0 Å². The molecule has 1 aliphatic heterocycles. The monoisotopic (exact) mass is 343 g/mol. The number of likely N-dealkylation sites (tertiary alicyclic amines) is 1. The minimum atomic E-state index is 0.556. The Morgan fingerprint density at radius 3 is 2.52 bits per heavy atom. The van der Waals surface area contributed by atoms with Crippen LogP contribution in [0.25, 0.3) is 0 Å². The normalized spacial score (nSPS) is 17.4. The molecule has 0 aliphatic carbocycles. The van der Waals surface area contributed by atoms with Crippen molar-refractivity contribution in [2.75, 3.05) is 27.3 Å². The van der Waals surface area contributed by atoms with Gasteiger partial charge in [0.1, 0.15) is 11.6 Å². The third-order valence-electron chi connectivity index (χ3n) is 4.35. The van der Waals surface area contributed by atoms with E-state index in [9.17, 15) is 0 Å². The third kappa shape index (κ3) is 5.43. The summed E-state index contributed by atoms with van der Waals surface area (Å²) in [6.45, 7) is 6.89. The second-order valence-electron chi connectivity index (χ2n) is 5.86. The first-order valence-corrected chi connectivity index (χ1v) is 9.00. The molecule has 0 bridgehead atoms. The lowest BCUT2D eigenvalue weighted by Crippen LogP contribution is -2.34. The molecule has 136 valence electrons. The molecule has 1 aromatic carbocycles. The van der Waals surface area contributed by atoms with Gasteiger partial charge in [0, 0.05) is 18.8 Å². The number of aromatic nitrogens is 2. The van der Waals surface area contributed by atoms with E-state index < -0.39 is 0 Å². The molecule has 2 heterocycles. The lowest BCUT2D eigenvalue weighted by atomic mass is 9.90.